The van der Waals surface area contributed by atoms with Gasteiger partial charge < -0.3 is 4.74 Å². The van der Waals surface area contributed by atoms with E-state index in [4.69, 9.17) is 4.74 Å². The molecule has 0 bridgehead atoms. The van der Waals surface area contributed by atoms with Gasteiger partial charge in [-0.3, -0.25) is 4.79 Å². The van der Waals surface area contributed by atoms with Gasteiger partial charge in [0.05, 0.1) is 0 Å². The fourth-order valence-electron chi connectivity index (χ4n) is 2.90. The average Bonchev–Trinajstić information content (AvgIpc) is 2.86. The number of fused-ring (bicyclic) bond motifs is 1. The van der Waals surface area contributed by atoms with Crippen molar-refractivity contribution in [3.05, 3.63) is 47.5 Å². The third-order valence-corrected chi connectivity index (χ3v) is 4.06. The summed E-state index contributed by atoms with van der Waals surface area (Å²) in [5.41, 5.74) is 1.21. The lowest BCUT2D eigenvalue weighted by atomic mass is 9.87. The number of benzene rings is 2. The first kappa shape index (κ1) is 12.4. The van der Waals surface area contributed by atoms with Crippen LogP contribution in [0.15, 0.2) is 36.4 Å². The van der Waals surface area contributed by atoms with Crippen LogP contribution in [0.3, 0.4) is 0 Å². The molecule has 0 radical (unpaired) electrons. The summed E-state index contributed by atoms with van der Waals surface area (Å²) in [6.07, 6.45) is 1.78. The van der Waals surface area contributed by atoms with Crippen LogP contribution in [0.1, 0.15) is 35.7 Å². The SMILES string of the molecule is Cc1ccc2ccccc2c1C(=O)C1(C)CCCO1. The number of hydrogen-bond donors (Lipinski definition) is 0. The number of hydrogen-bond acceptors (Lipinski definition) is 2. The third kappa shape index (κ3) is 1.96. The standard InChI is InChI=1S/C17H18O2/c1-12-8-9-13-6-3-4-7-14(13)15(12)16(18)17(2)10-5-11-19-17/h3-4,6-9H,5,10-11H2,1-2H3. The van der Waals surface area contributed by atoms with Crippen molar-refractivity contribution in [1.29, 1.82) is 0 Å². The van der Waals surface area contributed by atoms with Crippen molar-refractivity contribution in [2.45, 2.75) is 32.3 Å². The highest BCUT2D eigenvalue weighted by Crippen LogP contribution is 2.33. The Labute approximate surface area is 113 Å². The first-order chi connectivity index (χ1) is 9.12. The number of Topliss-reactive ketones (excluding diaryl/α,β-unsaturated/α-hetero) is 1. The summed E-state index contributed by atoms with van der Waals surface area (Å²) in [4.78, 5) is 12.9. The number of ether oxygens (including phenoxy) is 1. The van der Waals surface area contributed by atoms with Gasteiger partial charge in [-0.15, -0.1) is 0 Å². The molecule has 2 aromatic rings. The molecule has 2 aromatic carbocycles. The predicted molar refractivity (Wildman–Crippen MR) is 76.6 cm³/mol. The van der Waals surface area contributed by atoms with E-state index in [1.54, 1.807) is 0 Å². The minimum absolute atomic E-state index is 0.124. The van der Waals surface area contributed by atoms with Gasteiger partial charge in [-0.1, -0.05) is 36.4 Å². The molecule has 1 saturated heterocycles. The fraction of sp³-hybridized carbons (Fsp3) is 0.353. The summed E-state index contributed by atoms with van der Waals surface area (Å²) in [6, 6.07) is 12.1. The number of carbonyl (C=O) groups excluding carboxylic acids is 1. The number of carbonyl (C=O) groups is 1. The second-order valence-electron chi connectivity index (χ2n) is 5.49. The second kappa shape index (κ2) is 4.46. The second-order valence-corrected chi connectivity index (χ2v) is 5.49. The molecule has 2 heteroatoms. The molecule has 0 spiro atoms. The van der Waals surface area contributed by atoms with Crippen molar-refractivity contribution in [2.24, 2.45) is 0 Å². The lowest BCUT2D eigenvalue weighted by molar-refractivity contribution is 0.0214. The van der Waals surface area contributed by atoms with Crippen LogP contribution in [0.25, 0.3) is 10.8 Å². The molecule has 2 nitrogen and oxygen atoms in total. The molecule has 1 heterocycles. The van der Waals surface area contributed by atoms with Gasteiger partial charge in [0.1, 0.15) is 5.60 Å². The Balaban J connectivity index is 2.19. The van der Waals surface area contributed by atoms with E-state index in [0.29, 0.717) is 6.61 Å². The van der Waals surface area contributed by atoms with Crippen LogP contribution >= 0.6 is 0 Å². The monoisotopic (exact) mass is 254 g/mol. The molecule has 1 fully saturated rings. The third-order valence-electron chi connectivity index (χ3n) is 4.06. The minimum Gasteiger partial charge on any atom is -0.367 e. The van der Waals surface area contributed by atoms with Crippen molar-refractivity contribution < 1.29 is 9.53 Å². The Morgan fingerprint density at radius 2 is 2.00 bits per heavy atom. The lowest BCUT2D eigenvalue weighted by Crippen LogP contribution is -2.34. The van der Waals surface area contributed by atoms with E-state index in [1.807, 2.05) is 44.2 Å². The molecule has 0 aromatic heterocycles. The van der Waals surface area contributed by atoms with E-state index in [9.17, 15) is 4.79 Å². The molecular formula is C17H18O2. The molecule has 1 unspecified atom stereocenters. The van der Waals surface area contributed by atoms with Crippen molar-refractivity contribution in [2.75, 3.05) is 6.61 Å². The molecule has 1 atom stereocenters. The summed E-state index contributed by atoms with van der Waals surface area (Å²) < 4.78 is 5.71. The maximum absolute atomic E-state index is 12.9. The normalized spacial score (nSPS) is 22.8. The summed E-state index contributed by atoms with van der Waals surface area (Å²) in [7, 11) is 0. The number of ketones is 1. The van der Waals surface area contributed by atoms with Gasteiger partial charge in [0.2, 0.25) is 0 Å². The molecule has 3 rings (SSSR count). The van der Waals surface area contributed by atoms with Gasteiger partial charge in [0, 0.05) is 12.2 Å². The summed E-state index contributed by atoms with van der Waals surface area (Å²) in [5, 5.41) is 2.14. The smallest absolute Gasteiger partial charge is 0.195 e. The van der Waals surface area contributed by atoms with Gasteiger partial charge in [0.25, 0.3) is 0 Å². The Kier molecular flexibility index (Phi) is 2.90. The van der Waals surface area contributed by atoms with Crippen molar-refractivity contribution in [3.8, 4) is 0 Å². The van der Waals surface area contributed by atoms with Crippen molar-refractivity contribution in [1.82, 2.24) is 0 Å². The highest BCUT2D eigenvalue weighted by atomic mass is 16.5. The van der Waals surface area contributed by atoms with E-state index >= 15 is 0 Å². The lowest BCUT2D eigenvalue weighted by Gasteiger charge is -2.23. The maximum Gasteiger partial charge on any atom is 0.195 e. The molecule has 1 aliphatic heterocycles. The quantitative estimate of drug-likeness (QED) is 0.760. The molecule has 1 aliphatic rings. The first-order valence-corrected chi connectivity index (χ1v) is 6.79. The average molecular weight is 254 g/mol. The van der Waals surface area contributed by atoms with Crippen LogP contribution in [0, 0.1) is 6.92 Å². The largest absolute Gasteiger partial charge is 0.367 e. The Morgan fingerprint density at radius 3 is 2.74 bits per heavy atom. The Hall–Kier alpha value is -1.67. The van der Waals surface area contributed by atoms with Crippen LogP contribution in [0.5, 0.6) is 0 Å². The van der Waals surface area contributed by atoms with Gasteiger partial charge in [-0.2, -0.15) is 0 Å². The van der Waals surface area contributed by atoms with E-state index < -0.39 is 5.60 Å². The highest BCUT2D eigenvalue weighted by Gasteiger charge is 2.39. The zero-order chi connectivity index (χ0) is 13.5. The van der Waals surface area contributed by atoms with Crippen LogP contribution in [-0.2, 0) is 4.74 Å². The van der Waals surface area contributed by atoms with Gasteiger partial charge in [0.15, 0.2) is 5.78 Å². The van der Waals surface area contributed by atoms with E-state index in [0.717, 1.165) is 34.7 Å². The number of rotatable bonds is 2. The molecule has 98 valence electrons. The van der Waals surface area contributed by atoms with Gasteiger partial charge >= 0.3 is 0 Å². The molecule has 0 saturated carbocycles. The van der Waals surface area contributed by atoms with E-state index in [-0.39, 0.29) is 5.78 Å². The van der Waals surface area contributed by atoms with Crippen molar-refractivity contribution >= 4 is 16.6 Å². The molecule has 0 amide bonds. The first-order valence-electron chi connectivity index (χ1n) is 6.79. The topological polar surface area (TPSA) is 26.3 Å². The predicted octanol–water partition coefficient (Wildman–Crippen LogP) is 3.90. The van der Waals surface area contributed by atoms with Gasteiger partial charge in [-0.05, 0) is 43.0 Å². The fourth-order valence-corrected chi connectivity index (χ4v) is 2.90. The molecule has 0 N–H and O–H groups in total. The van der Waals surface area contributed by atoms with Crippen LogP contribution in [0.2, 0.25) is 0 Å². The van der Waals surface area contributed by atoms with Crippen LogP contribution in [0.4, 0.5) is 0 Å². The minimum atomic E-state index is -0.644. The highest BCUT2D eigenvalue weighted by molar-refractivity contribution is 6.13. The van der Waals surface area contributed by atoms with Crippen LogP contribution in [-0.4, -0.2) is 18.0 Å². The zero-order valence-corrected chi connectivity index (χ0v) is 11.4. The van der Waals surface area contributed by atoms with E-state index in [2.05, 4.69) is 6.07 Å². The summed E-state index contributed by atoms with van der Waals surface area (Å²) >= 11 is 0. The van der Waals surface area contributed by atoms with Gasteiger partial charge in [-0.25, -0.2) is 0 Å². The Morgan fingerprint density at radius 1 is 1.21 bits per heavy atom. The summed E-state index contributed by atoms with van der Waals surface area (Å²) in [6.45, 7) is 4.60. The van der Waals surface area contributed by atoms with Crippen molar-refractivity contribution in [3.63, 3.8) is 0 Å². The molecule has 19 heavy (non-hydrogen) atoms. The molecular weight excluding hydrogens is 236 g/mol. The Bertz CT molecular complexity index is 637. The maximum atomic E-state index is 12.9. The van der Waals surface area contributed by atoms with Crippen LogP contribution < -0.4 is 0 Å². The molecule has 0 aliphatic carbocycles. The van der Waals surface area contributed by atoms with E-state index in [1.165, 1.54) is 0 Å². The zero-order valence-electron chi connectivity index (χ0n) is 11.4. The number of aryl methyl sites for hydroxylation is 1. The summed E-state index contributed by atoms with van der Waals surface area (Å²) in [5.74, 6) is 0.124.